The van der Waals surface area contributed by atoms with Crippen molar-refractivity contribution in [2.75, 3.05) is 11.9 Å². The van der Waals surface area contributed by atoms with Crippen molar-refractivity contribution in [3.8, 4) is 0 Å². The van der Waals surface area contributed by atoms with Crippen LogP contribution in [0.4, 0.5) is 5.69 Å². The number of amides is 1. The smallest absolute Gasteiger partial charge is 0.244 e. The lowest BCUT2D eigenvalue weighted by Gasteiger charge is -2.32. The SMILES string of the molecule is Cc1cc(CNC2Cc3ccccc3N(C)C2=O)cs1. The Morgan fingerprint density at radius 2 is 2.20 bits per heavy atom. The Bertz CT molecular complexity index is 635. The molecule has 1 aliphatic heterocycles. The van der Waals surface area contributed by atoms with Crippen LogP contribution in [0.5, 0.6) is 0 Å². The zero-order valence-corrected chi connectivity index (χ0v) is 12.5. The van der Waals surface area contributed by atoms with Crippen LogP contribution in [0.1, 0.15) is 16.0 Å². The molecule has 104 valence electrons. The van der Waals surface area contributed by atoms with E-state index >= 15 is 0 Å². The van der Waals surface area contributed by atoms with E-state index in [0.29, 0.717) is 0 Å². The highest BCUT2D eigenvalue weighted by molar-refractivity contribution is 7.10. The van der Waals surface area contributed by atoms with Gasteiger partial charge in [0.25, 0.3) is 0 Å². The zero-order valence-electron chi connectivity index (χ0n) is 11.7. The molecule has 1 N–H and O–H groups in total. The van der Waals surface area contributed by atoms with Crippen LogP contribution in [0.25, 0.3) is 0 Å². The number of carbonyl (C=O) groups is 1. The summed E-state index contributed by atoms with van der Waals surface area (Å²) in [6.45, 7) is 2.85. The molecule has 1 aromatic heterocycles. The molecular formula is C16H18N2OS. The van der Waals surface area contributed by atoms with Gasteiger partial charge in [0.15, 0.2) is 0 Å². The molecule has 0 spiro atoms. The second-order valence-corrected chi connectivity index (χ2v) is 6.34. The number of thiophene rings is 1. The molecule has 1 unspecified atom stereocenters. The molecule has 1 aromatic carbocycles. The van der Waals surface area contributed by atoms with Crippen molar-refractivity contribution in [2.24, 2.45) is 0 Å². The fourth-order valence-electron chi connectivity index (χ4n) is 2.66. The lowest BCUT2D eigenvalue weighted by Crippen LogP contribution is -2.49. The van der Waals surface area contributed by atoms with Crippen molar-refractivity contribution in [3.05, 3.63) is 51.7 Å². The molecule has 0 aliphatic carbocycles. The summed E-state index contributed by atoms with van der Waals surface area (Å²) in [5.74, 6) is 0.149. The van der Waals surface area contributed by atoms with Crippen LogP contribution in [0.3, 0.4) is 0 Å². The summed E-state index contributed by atoms with van der Waals surface area (Å²) in [5.41, 5.74) is 3.51. The predicted molar refractivity (Wildman–Crippen MR) is 83.2 cm³/mol. The quantitative estimate of drug-likeness (QED) is 0.941. The van der Waals surface area contributed by atoms with Crippen molar-refractivity contribution in [3.63, 3.8) is 0 Å². The van der Waals surface area contributed by atoms with Gasteiger partial charge in [0.05, 0.1) is 6.04 Å². The summed E-state index contributed by atoms with van der Waals surface area (Å²) >= 11 is 1.75. The minimum absolute atomic E-state index is 0.130. The Morgan fingerprint density at radius 3 is 2.95 bits per heavy atom. The van der Waals surface area contributed by atoms with Gasteiger partial charge in [0.2, 0.25) is 5.91 Å². The summed E-state index contributed by atoms with van der Waals surface area (Å²) in [6, 6.07) is 10.2. The van der Waals surface area contributed by atoms with Crippen LogP contribution in [-0.4, -0.2) is 19.0 Å². The van der Waals surface area contributed by atoms with Crippen LogP contribution in [0.15, 0.2) is 35.7 Å². The standard InChI is InChI=1S/C16H18N2OS/c1-11-7-12(10-20-11)9-17-14-8-13-5-3-4-6-15(13)18(2)16(14)19/h3-7,10,14,17H,8-9H2,1-2H3. The maximum absolute atomic E-state index is 12.4. The normalized spacial score (nSPS) is 18.2. The summed E-state index contributed by atoms with van der Waals surface area (Å²) in [4.78, 5) is 15.4. The average molecular weight is 286 g/mol. The van der Waals surface area contributed by atoms with Gasteiger partial charge in [-0.05, 0) is 42.0 Å². The molecule has 0 radical (unpaired) electrons. The van der Waals surface area contributed by atoms with Gasteiger partial charge in [-0.1, -0.05) is 18.2 Å². The Labute approximate surface area is 123 Å². The molecule has 3 rings (SSSR count). The summed E-state index contributed by atoms with van der Waals surface area (Å²) in [5, 5.41) is 5.53. The molecule has 0 saturated heterocycles. The maximum atomic E-state index is 12.4. The highest BCUT2D eigenvalue weighted by Gasteiger charge is 2.29. The Morgan fingerprint density at radius 1 is 1.40 bits per heavy atom. The van der Waals surface area contributed by atoms with E-state index in [4.69, 9.17) is 0 Å². The molecule has 2 heterocycles. The summed E-state index contributed by atoms with van der Waals surface area (Å²) in [7, 11) is 1.85. The number of aryl methyl sites for hydroxylation is 1. The number of para-hydroxylation sites is 1. The summed E-state index contributed by atoms with van der Waals surface area (Å²) < 4.78 is 0. The first kappa shape index (κ1) is 13.3. The number of hydrogen-bond acceptors (Lipinski definition) is 3. The highest BCUT2D eigenvalue weighted by atomic mass is 32.1. The van der Waals surface area contributed by atoms with E-state index in [1.54, 1.807) is 16.2 Å². The van der Waals surface area contributed by atoms with Gasteiger partial charge >= 0.3 is 0 Å². The first-order valence-corrected chi connectivity index (χ1v) is 7.66. The van der Waals surface area contributed by atoms with E-state index in [0.717, 1.165) is 18.7 Å². The van der Waals surface area contributed by atoms with Crippen molar-refractivity contribution in [1.29, 1.82) is 0 Å². The van der Waals surface area contributed by atoms with Crippen molar-refractivity contribution < 1.29 is 4.79 Å². The molecular weight excluding hydrogens is 268 g/mol. The van der Waals surface area contributed by atoms with Gasteiger partial charge in [-0.25, -0.2) is 0 Å². The van der Waals surface area contributed by atoms with Gasteiger partial charge in [-0.3, -0.25) is 4.79 Å². The Balaban J connectivity index is 1.73. The molecule has 4 heteroatoms. The topological polar surface area (TPSA) is 32.3 Å². The van der Waals surface area contributed by atoms with Crippen molar-refractivity contribution in [1.82, 2.24) is 5.32 Å². The predicted octanol–water partition coefficient (Wildman–Crippen LogP) is 2.73. The molecule has 20 heavy (non-hydrogen) atoms. The highest BCUT2D eigenvalue weighted by Crippen LogP contribution is 2.26. The van der Waals surface area contributed by atoms with Crippen molar-refractivity contribution in [2.45, 2.75) is 25.9 Å². The van der Waals surface area contributed by atoms with E-state index in [1.807, 2.05) is 25.2 Å². The number of nitrogens with zero attached hydrogens (tertiary/aromatic N) is 1. The monoisotopic (exact) mass is 286 g/mol. The average Bonchev–Trinajstić information content (AvgIpc) is 2.87. The van der Waals surface area contributed by atoms with Crippen LogP contribution >= 0.6 is 11.3 Å². The van der Waals surface area contributed by atoms with Gasteiger partial charge in [0, 0.05) is 24.2 Å². The Kier molecular flexibility index (Phi) is 3.59. The molecule has 1 aliphatic rings. The Hall–Kier alpha value is -1.65. The molecule has 0 saturated carbocycles. The van der Waals surface area contributed by atoms with Crippen LogP contribution in [0.2, 0.25) is 0 Å². The minimum atomic E-state index is -0.130. The lowest BCUT2D eigenvalue weighted by atomic mass is 9.97. The fourth-order valence-corrected chi connectivity index (χ4v) is 3.37. The van der Waals surface area contributed by atoms with Gasteiger partial charge in [0.1, 0.15) is 0 Å². The van der Waals surface area contributed by atoms with Crippen LogP contribution in [-0.2, 0) is 17.8 Å². The molecule has 0 fully saturated rings. The molecule has 0 bridgehead atoms. The van der Waals surface area contributed by atoms with Crippen LogP contribution in [0, 0.1) is 6.92 Å². The largest absolute Gasteiger partial charge is 0.314 e. The van der Waals surface area contributed by atoms with Gasteiger partial charge in [-0.2, -0.15) is 0 Å². The zero-order chi connectivity index (χ0) is 14.1. The summed E-state index contributed by atoms with van der Waals surface area (Å²) in [6.07, 6.45) is 0.766. The molecule has 1 atom stereocenters. The number of likely N-dealkylation sites (N-methyl/N-ethyl adjacent to an activating group) is 1. The van der Waals surface area contributed by atoms with E-state index in [9.17, 15) is 4.79 Å². The number of benzene rings is 1. The molecule has 3 nitrogen and oxygen atoms in total. The second kappa shape index (κ2) is 5.38. The van der Waals surface area contributed by atoms with E-state index in [2.05, 4.69) is 29.8 Å². The molecule has 1 amide bonds. The maximum Gasteiger partial charge on any atom is 0.244 e. The molecule has 2 aromatic rings. The number of carbonyl (C=O) groups excluding carboxylic acids is 1. The van der Waals surface area contributed by atoms with Gasteiger partial charge in [-0.15, -0.1) is 11.3 Å². The minimum Gasteiger partial charge on any atom is -0.314 e. The number of anilines is 1. The number of fused-ring (bicyclic) bond motifs is 1. The lowest BCUT2D eigenvalue weighted by molar-refractivity contribution is -0.120. The first-order valence-electron chi connectivity index (χ1n) is 6.78. The van der Waals surface area contributed by atoms with E-state index in [1.165, 1.54) is 16.0 Å². The first-order chi connectivity index (χ1) is 9.65. The van der Waals surface area contributed by atoms with Crippen molar-refractivity contribution >= 4 is 22.9 Å². The van der Waals surface area contributed by atoms with Gasteiger partial charge < -0.3 is 10.2 Å². The number of hydrogen-bond donors (Lipinski definition) is 1. The second-order valence-electron chi connectivity index (χ2n) is 5.23. The number of nitrogens with one attached hydrogen (secondary N) is 1. The number of rotatable bonds is 3. The van der Waals surface area contributed by atoms with Crippen LogP contribution < -0.4 is 10.2 Å². The van der Waals surface area contributed by atoms with E-state index < -0.39 is 0 Å². The third-order valence-corrected chi connectivity index (χ3v) is 4.65. The third kappa shape index (κ3) is 2.49. The van der Waals surface area contributed by atoms with E-state index in [-0.39, 0.29) is 11.9 Å². The third-order valence-electron chi connectivity index (χ3n) is 3.74. The fraction of sp³-hybridized carbons (Fsp3) is 0.312.